The van der Waals surface area contributed by atoms with Gasteiger partial charge in [-0.25, -0.2) is 4.68 Å². The summed E-state index contributed by atoms with van der Waals surface area (Å²) in [6, 6.07) is 10.0. The van der Waals surface area contributed by atoms with Crippen molar-refractivity contribution in [3.63, 3.8) is 0 Å². The minimum atomic E-state index is 0.336. The Morgan fingerprint density at radius 2 is 1.94 bits per heavy atom. The maximum absolute atomic E-state index is 7.37. The fourth-order valence-corrected chi connectivity index (χ4v) is 1.71. The number of nitrogens with zero attached hydrogens (tertiary/aromatic N) is 3. The molecule has 0 unspecified atom stereocenters. The Hall–Kier alpha value is -2.67. The van der Waals surface area contributed by atoms with Crippen LogP contribution >= 0.6 is 0 Å². The van der Waals surface area contributed by atoms with Gasteiger partial charge in [0, 0.05) is 11.8 Å². The highest BCUT2D eigenvalue weighted by Crippen LogP contribution is 2.17. The first kappa shape index (κ1) is 10.5. The molecule has 1 aliphatic heterocycles. The second-order valence-corrected chi connectivity index (χ2v) is 3.91. The Labute approximate surface area is 104 Å². The largest absolute Gasteiger partial charge is 0.294 e. The van der Waals surface area contributed by atoms with E-state index in [9.17, 15) is 0 Å². The molecule has 0 saturated carbocycles. The Balaban J connectivity index is 1.94. The maximum atomic E-state index is 7.37. The molecule has 18 heavy (non-hydrogen) atoms. The summed E-state index contributed by atoms with van der Waals surface area (Å²) in [6.07, 6.45) is 3.69. The second-order valence-electron chi connectivity index (χ2n) is 3.91. The molecule has 0 amide bonds. The van der Waals surface area contributed by atoms with Gasteiger partial charge in [0.05, 0.1) is 12.7 Å². The molecule has 0 radical (unpaired) electrons. The van der Waals surface area contributed by atoms with Gasteiger partial charge in [-0.1, -0.05) is 30.3 Å². The number of aromatic nitrogens is 2. The highest BCUT2D eigenvalue weighted by Gasteiger charge is 2.07. The van der Waals surface area contributed by atoms with Crippen LogP contribution < -0.4 is 0 Å². The van der Waals surface area contributed by atoms with Crippen LogP contribution in [0, 0.1) is 17.3 Å². The van der Waals surface area contributed by atoms with Crippen molar-refractivity contribution >= 4 is 11.5 Å². The van der Waals surface area contributed by atoms with E-state index in [0.717, 1.165) is 11.1 Å². The van der Waals surface area contributed by atoms with Gasteiger partial charge < -0.3 is 0 Å². The van der Waals surface area contributed by atoms with Crippen molar-refractivity contribution in [2.45, 2.75) is 0 Å². The summed E-state index contributed by atoms with van der Waals surface area (Å²) in [7, 11) is 0. The Kier molecular flexibility index (Phi) is 2.50. The monoisotopic (exact) mass is 234 g/mol. The van der Waals surface area contributed by atoms with Gasteiger partial charge in [0.15, 0.2) is 0 Å². The smallest absolute Gasteiger partial charge is 0.202 e. The molecule has 2 aromatic rings. The first-order valence-corrected chi connectivity index (χ1v) is 5.57. The molecule has 0 fully saturated rings. The number of hydrogen-bond acceptors (Lipinski definition) is 3. The Morgan fingerprint density at radius 1 is 1.11 bits per heavy atom. The van der Waals surface area contributed by atoms with Crippen molar-refractivity contribution in [3.8, 4) is 23.0 Å². The van der Waals surface area contributed by atoms with Gasteiger partial charge in [-0.15, -0.1) is 0 Å². The molecule has 0 saturated heterocycles. The van der Waals surface area contributed by atoms with Gasteiger partial charge in [0.25, 0.3) is 0 Å². The van der Waals surface area contributed by atoms with Crippen molar-refractivity contribution in [1.29, 1.82) is 5.41 Å². The highest BCUT2D eigenvalue weighted by atomic mass is 15.3. The van der Waals surface area contributed by atoms with Crippen molar-refractivity contribution in [3.05, 3.63) is 42.7 Å². The second kappa shape index (κ2) is 4.30. The molecule has 1 aliphatic rings. The van der Waals surface area contributed by atoms with E-state index in [1.54, 1.807) is 10.9 Å². The van der Waals surface area contributed by atoms with Crippen molar-refractivity contribution in [2.24, 2.45) is 4.99 Å². The fraction of sp³-hybridized carbons (Fsp3) is 0.0714. The summed E-state index contributed by atoms with van der Waals surface area (Å²) in [6.45, 7) is 0.336. The van der Waals surface area contributed by atoms with E-state index in [1.165, 1.54) is 0 Å². The van der Waals surface area contributed by atoms with Gasteiger partial charge in [-0.3, -0.25) is 10.4 Å². The standard InChI is InChI=1S/C14H10N4/c15-13-6-7-14(16-9-13)18-10-12(8-17-18)11-4-2-1-3-5-11/h1-5,8,10,15H,9H2. The number of hydrogen-bond donors (Lipinski definition) is 1. The van der Waals surface area contributed by atoms with Gasteiger partial charge in [0.2, 0.25) is 5.84 Å². The van der Waals surface area contributed by atoms with Crippen LogP contribution in [0.3, 0.4) is 0 Å². The summed E-state index contributed by atoms with van der Waals surface area (Å²) in [5.74, 6) is 6.14. The number of aliphatic imine (C=N–C) groups is 1. The van der Waals surface area contributed by atoms with E-state index in [2.05, 4.69) is 21.9 Å². The molecule has 4 nitrogen and oxygen atoms in total. The highest BCUT2D eigenvalue weighted by molar-refractivity contribution is 6.12. The molecule has 0 spiro atoms. The third-order valence-corrected chi connectivity index (χ3v) is 2.62. The lowest BCUT2D eigenvalue weighted by molar-refractivity contribution is 0.932. The maximum Gasteiger partial charge on any atom is 0.202 e. The first-order valence-electron chi connectivity index (χ1n) is 5.57. The summed E-state index contributed by atoms with van der Waals surface area (Å²) in [5, 5.41) is 11.6. The molecule has 4 heteroatoms. The zero-order chi connectivity index (χ0) is 12.4. The third kappa shape index (κ3) is 1.94. The quantitative estimate of drug-likeness (QED) is 0.752. The lowest BCUT2D eigenvalue weighted by Crippen LogP contribution is -2.16. The third-order valence-electron chi connectivity index (χ3n) is 2.62. The van der Waals surface area contributed by atoms with E-state index in [0.29, 0.717) is 18.1 Å². The molecule has 0 bridgehead atoms. The van der Waals surface area contributed by atoms with E-state index >= 15 is 0 Å². The summed E-state index contributed by atoms with van der Waals surface area (Å²) in [5.41, 5.74) is 2.48. The molecular formula is C14H10N4. The molecule has 0 aliphatic carbocycles. The number of rotatable bonds is 1. The van der Waals surface area contributed by atoms with Crippen molar-refractivity contribution < 1.29 is 0 Å². The fourth-order valence-electron chi connectivity index (χ4n) is 1.71. The molecule has 3 rings (SSSR count). The predicted octanol–water partition coefficient (Wildman–Crippen LogP) is 1.83. The van der Waals surface area contributed by atoms with Gasteiger partial charge in [-0.2, -0.15) is 5.10 Å². The van der Waals surface area contributed by atoms with Crippen LogP contribution in [-0.2, 0) is 0 Å². The minimum Gasteiger partial charge on any atom is -0.294 e. The van der Waals surface area contributed by atoms with Crippen LogP contribution in [0.25, 0.3) is 11.1 Å². The van der Waals surface area contributed by atoms with Gasteiger partial charge >= 0.3 is 0 Å². The van der Waals surface area contributed by atoms with Crippen LogP contribution in [0.15, 0.2) is 47.7 Å². The molecule has 1 N–H and O–H groups in total. The summed E-state index contributed by atoms with van der Waals surface area (Å²) < 4.78 is 1.65. The Morgan fingerprint density at radius 3 is 2.67 bits per heavy atom. The zero-order valence-electron chi connectivity index (χ0n) is 9.59. The first-order chi connectivity index (χ1) is 8.83. The van der Waals surface area contributed by atoms with Gasteiger partial charge in [-0.05, 0) is 17.4 Å². The number of benzene rings is 1. The average Bonchev–Trinajstić information content (AvgIpc) is 2.90. The van der Waals surface area contributed by atoms with Crippen LogP contribution in [0.5, 0.6) is 0 Å². The summed E-state index contributed by atoms with van der Waals surface area (Å²) >= 11 is 0. The van der Waals surface area contributed by atoms with Crippen LogP contribution in [0.2, 0.25) is 0 Å². The van der Waals surface area contributed by atoms with Crippen LogP contribution in [0.1, 0.15) is 0 Å². The SMILES string of the molecule is N=C1C#CC(n2cc(-c3ccccc3)cn2)=NC1. The van der Waals surface area contributed by atoms with Crippen LogP contribution in [0.4, 0.5) is 0 Å². The van der Waals surface area contributed by atoms with E-state index < -0.39 is 0 Å². The van der Waals surface area contributed by atoms with E-state index in [4.69, 9.17) is 5.41 Å². The summed E-state index contributed by atoms with van der Waals surface area (Å²) in [4.78, 5) is 4.21. The topological polar surface area (TPSA) is 54.0 Å². The van der Waals surface area contributed by atoms with E-state index in [-0.39, 0.29) is 0 Å². The van der Waals surface area contributed by atoms with Gasteiger partial charge in [0.1, 0.15) is 5.71 Å². The molecule has 86 valence electrons. The predicted molar refractivity (Wildman–Crippen MR) is 70.9 cm³/mol. The van der Waals surface area contributed by atoms with Crippen molar-refractivity contribution in [2.75, 3.05) is 6.54 Å². The lowest BCUT2D eigenvalue weighted by atomic mass is 10.1. The molecule has 2 heterocycles. The molecule has 1 aromatic heterocycles. The molecule has 0 atom stereocenters. The molecular weight excluding hydrogens is 224 g/mol. The number of nitrogens with one attached hydrogen (secondary N) is 1. The minimum absolute atomic E-state index is 0.336. The van der Waals surface area contributed by atoms with Crippen molar-refractivity contribution in [1.82, 2.24) is 9.78 Å². The van der Waals surface area contributed by atoms with E-state index in [1.807, 2.05) is 36.5 Å². The average molecular weight is 234 g/mol. The lowest BCUT2D eigenvalue weighted by Gasteiger charge is -2.02. The molecule has 1 aromatic carbocycles. The normalized spacial score (nSPS) is 13.8. The van der Waals surface area contributed by atoms with Crippen LogP contribution in [-0.4, -0.2) is 27.9 Å². The Bertz CT molecular complexity index is 683. The zero-order valence-corrected chi connectivity index (χ0v) is 9.59.